The first-order valence-corrected chi connectivity index (χ1v) is 7.74. The van der Waals surface area contributed by atoms with E-state index < -0.39 is 0 Å². The van der Waals surface area contributed by atoms with Crippen molar-refractivity contribution in [2.45, 2.75) is 0 Å². The minimum Gasteiger partial charge on any atom is -0.322 e. The predicted molar refractivity (Wildman–Crippen MR) is 94.0 cm³/mol. The van der Waals surface area contributed by atoms with E-state index in [4.69, 9.17) is 0 Å². The maximum Gasteiger partial charge on any atom is 0.255 e. The van der Waals surface area contributed by atoms with Gasteiger partial charge in [-0.2, -0.15) is 0 Å². The van der Waals surface area contributed by atoms with Crippen molar-refractivity contribution < 1.29 is 4.79 Å². The van der Waals surface area contributed by atoms with Gasteiger partial charge >= 0.3 is 0 Å². The number of amides is 1. The van der Waals surface area contributed by atoms with Crippen molar-refractivity contribution >= 4 is 27.5 Å². The molecular weight excluding hydrogens is 338 g/mol. The normalized spacial score (nSPS) is 10.2. The van der Waals surface area contributed by atoms with E-state index >= 15 is 0 Å². The van der Waals surface area contributed by atoms with Crippen LogP contribution in [-0.4, -0.2) is 5.91 Å². The number of hydrogen-bond donors (Lipinski definition) is 1. The highest BCUT2D eigenvalue weighted by Gasteiger charge is 2.06. The standard InChI is InChI=1S/C19H14BrNO/c20-17-7-4-8-18(13-17)21-19(22)16-11-9-15(10-12-16)14-5-2-1-3-6-14/h1-13H,(H,21,22). The number of halogens is 1. The molecular formula is C19H14BrNO. The van der Waals surface area contributed by atoms with E-state index in [0.29, 0.717) is 5.56 Å². The van der Waals surface area contributed by atoms with Crippen LogP contribution >= 0.6 is 15.9 Å². The van der Waals surface area contributed by atoms with Gasteiger partial charge in [0.25, 0.3) is 5.91 Å². The summed E-state index contributed by atoms with van der Waals surface area (Å²) in [5.41, 5.74) is 3.65. The number of carbonyl (C=O) groups excluding carboxylic acids is 1. The van der Waals surface area contributed by atoms with Gasteiger partial charge in [0.2, 0.25) is 0 Å². The molecule has 0 radical (unpaired) electrons. The summed E-state index contributed by atoms with van der Waals surface area (Å²) in [4.78, 5) is 12.2. The average Bonchev–Trinajstić information content (AvgIpc) is 2.56. The molecule has 0 aliphatic carbocycles. The fraction of sp³-hybridized carbons (Fsp3) is 0. The zero-order valence-corrected chi connectivity index (χ0v) is 13.4. The van der Waals surface area contributed by atoms with Crippen LogP contribution in [-0.2, 0) is 0 Å². The highest BCUT2D eigenvalue weighted by molar-refractivity contribution is 9.10. The van der Waals surface area contributed by atoms with Gasteiger partial charge in [0.05, 0.1) is 0 Å². The zero-order valence-electron chi connectivity index (χ0n) is 11.8. The van der Waals surface area contributed by atoms with Gasteiger partial charge in [-0.1, -0.05) is 64.5 Å². The Labute approximate surface area is 137 Å². The molecule has 0 unspecified atom stereocenters. The van der Waals surface area contributed by atoms with Crippen LogP contribution in [0.5, 0.6) is 0 Å². The minimum atomic E-state index is -0.113. The van der Waals surface area contributed by atoms with Crippen molar-refractivity contribution in [2.24, 2.45) is 0 Å². The topological polar surface area (TPSA) is 29.1 Å². The Morgan fingerprint density at radius 3 is 2.14 bits per heavy atom. The Bertz CT molecular complexity index is 782. The fourth-order valence-corrected chi connectivity index (χ4v) is 2.61. The second kappa shape index (κ2) is 6.58. The predicted octanol–water partition coefficient (Wildman–Crippen LogP) is 5.37. The third-order valence-corrected chi connectivity index (χ3v) is 3.83. The molecule has 0 saturated carbocycles. The molecule has 0 aromatic heterocycles. The molecule has 0 atom stereocenters. The third kappa shape index (κ3) is 3.43. The number of hydrogen-bond acceptors (Lipinski definition) is 1. The largest absolute Gasteiger partial charge is 0.322 e. The van der Waals surface area contributed by atoms with E-state index in [9.17, 15) is 4.79 Å². The van der Waals surface area contributed by atoms with Crippen molar-refractivity contribution in [1.29, 1.82) is 0 Å². The van der Waals surface area contributed by atoms with Crippen molar-refractivity contribution in [3.8, 4) is 11.1 Å². The summed E-state index contributed by atoms with van der Waals surface area (Å²) in [5, 5.41) is 2.89. The maximum absolute atomic E-state index is 12.2. The van der Waals surface area contributed by atoms with Crippen molar-refractivity contribution in [3.05, 3.63) is 88.9 Å². The van der Waals surface area contributed by atoms with E-state index in [0.717, 1.165) is 21.3 Å². The van der Waals surface area contributed by atoms with Crippen molar-refractivity contribution in [1.82, 2.24) is 0 Å². The molecule has 108 valence electrons. The number of rotatable bonds is 3. The molecule has 3 aromatic carbocycles. The molecule has 0 bridgehead atoms. The molecule has 1 amide bonds. The SMILES string of the molecule is O=C(Nc1cccc(Br)c1)c1ccc(-c2ccccc2)cc1. The van der Waals surface area contributed by atoms with E-state index in [-0.39, 0.29) is 5.91 Å². The molecule has 0 spiro atoms. The molecule has 3 aromatic rings. The Morgan fingerprint density at radius 2 is 1.45 bits per heavy atom. The Morgan fingerprint density at radius 1 is 0.773 bits per heavy atom. The second-order valence-electron chi connectivity index (χ2n) is 4.91. The number of nitrogens with one attached hydrogen (secondary N) is 1. The van der Waals surface area contributed by atoms with Crippen LogP contribution < -0.4 is 5.32 Å². The zero-order chi connectivity index (χ0) is 15.4. The summed E-state index contributed by atoms with van der Waals surface area (Å²) in [5.74, 6) is -0.113. The van der Waals surface area contributed by atoms with Crippen LogP contribution in [0.2, 0.25) is 0 Å². The number of anilines is 1. The smallest absolute Gasteiger partial charge is 0.255 e. The van der Waals surface area contributed by atoms with Crippen LogP contribution in [0.1, 0.15) is 10.4 Å². The van der Waals surface area contributed by atoms with Gasteiger partial charge in [0, 0.05) is 15.7 Å². The molecule has 0 aliphatic heterocycles. The van der Waals surface area contributed by atoms with Crippen LogP contribution in [0.15, 0.2) is 83.3 Å². The van der Waals surface area contributed by atoms with Crippen LogP contribution in [0.4, 0.5) is 5.69 Å². The second-order valence-corrected chi connectivity index (χ2v) is 5.82. The van der Waals surface area contributed by atoms with Crippen molar-refractivity contribution in [2.75, 3.05) is 5.32 Å². The van der Waals surface area contributed by atoms with E-state index in [1.165, 1.54) is 0 Å². The first kappa shape index (κ1) is 14.5. The molecule has 0 fully saturated rings. The van der Waals surface area contributed by atoms with Gasteiger partial charge in [-0.15, -0.1) is 0 Å². The van der Waals surface area contributed by atoms with Gasteiger partial charge in [-0.3, -0.25) is 4.79 Å². The molecule has 0 saturated heterocycles. The van der Waals surface area contributed by atoms with Gasteiger partial charge in [0.1, 0.15) is 0 Å². The lowest BCUT2D eigenvalue weighted by atomic mass is 10.0. The summed E-state index contributed by atoms with van der Waals surface area (Å²) in [7, 11) is 0. The number of benzene rings is 3. The highest BCUT2D eigenvalue weighted by atomic mass is 79.9. The molecule has 1 N–H and O–H groups in total. The van der Waals surface area contributed by atoms with Crippen LogP contribution in [0.3, 0.4) is 0 Å². The third-order valence-electron chi connectivity index (χ3n) is 3.34. The van der Waals surface area contributed by atoms with Gasteiger partial charge in [-0.05, 0) is 41.5 Å². The van der Waals surface area contributed by atoms with Gasteiger partial charge in [0.15, 0.2) is 0 Å². The fourth-order valence-electron chi connectivity index (χ4n) is 2.21. The maximum atomic E-state index is 12.2. The number of carbonyl (C=O) groups is 1. The summed E-state index contributed by atoms with van der Waals surface area (Å²) < 4.78 is 0.935. The highest BCUT2D eigenvalue weighted by Crippen LogP contribution is 2.20. The molecule has 3 rings (SSSR count). The summed E-state index contributed by atoms with van der Waals surface area (Å²) in [6.07, 6.45) is 0. The van der Waals surface area contributed by atoms with Gasteiger partial charge < -0.3 is 5.32 Å². The molecule has 22 heavy (non-hydrogen) atoms. The first-order chi connectivity index (χ1) is 10.7. The van der Waals surface area contributed by atoms with E-state index in [1.807, 2.05) is 66.7 Å². The van der Waals surface area contributed by atoms with Crippen molar-refractivity contribution in [3.63, 3.8) is 0 Å². The molecule has 0 heterocycles. The van der Waals surface area contributed by atoms with Gasteiger partial charge in [-0.25, -0.2) is 0 Å². The Balaban J connectivity index is 1.76. The lowest BCUT2D eigenvalue weighted by Crippen LogP contribution is -2.11. The minimum absolute atomic E-state index is 0.113. The summed E-state index contributed by atoms with van der Waals surface area (Å²) >= 11 is 3.39. The molecule has 2 nitrogen and oxygen atoms in total. The van der Waals surface area contributed by atoms with E-state index in [1.54, 1.807) is 0 Å². The van der Waals surface area contributed by atoms with Crippen LogP contribution in [0.25, 0.3) is 11.1 Å². The quantitative estimate of drug-likeness (QED) is 0.675. The Kier molecular flexibility index (Phi) is 4.35. The average molecular weight is 352 g/mol. The lowest BCUT2D eigenvalue weighted by molar-refractivity contribution is 0.102. The molecule has 3 heteroatoms. The summed E-state index contributed by atoms with van der Waals surface area (Å²) in [6.45, 7) is 0. The summed E-state index contributed by atoms with van der Waals surface area (Å²) in [6, 6.07) is 25.3. The first-order valence-electron chi connectivity index (χ1n) is 6.95. The molecule has 0 aliphatic rings. The monoisotopic (exact) mass is 351 g/mol. The van der Waals surface area contributed by atoms with E-state index in [2.05, 4.69) is 33.4 Å². The Hall–Kier alpha value is -2.39. The van der Waals surface area contributed by atoms with Crippen LogP contribution in [0, 0.1) is 0 Å². The lowest BCUT2D eigenvalue weighted by Gasteiger charge is -2.07.